The number of nitrogens with zero attached hydrogens (tertiary/aromatic N) is 3. The number of aromatic nitrogens is 2. The van der Waals surface area contributed by atoms with Crippen LogP contribution in [0.2, 0.25) is 0 Å². The summed E-state index contributed by atoms with van der Waals surface area (Å²) in [5.41, 5.74) is 1.16. The van der Waals surface area contributed by atoms with Gasteiger partial charge in [0.05, 0.1) is 18.1 Å². The monoisotopic (exact) mass is 176 g/mol. The van der Waals surface area contributed by atoms with E-state index >= 15 is 0 Å². The molecule has 4 nitrogen and oxygen atoms in total. The number of piperazine rings is 1. The maximum Gasteiger partial charge on any atom is 0.115 e. The van der Waals surface area contributed by atoms with Gasteiger partial charge in [-0.1, -0.05) is 0 Å². The molecule has 0 aliphatic carbocycles. The molecule has 4 heteroatoms. The first kappa shape index (κ1) is 7.26. The van der Waals surface area contributed by atoms with Crippen molar-refractivity contribution in [2.75, 3.05) is 18.0 Å². The Balaban J connectivity index is 1.87. The van der Waals surface area contributed by atoms with E-state index in [1.165, 1.54) is 6.42 Å². The molecular weight excluding hydrogens is 164 g/mol. The normalized spacial score (nSPS) is 31.2. The minimum atomic E-state index is 0.663. The van der Waals surface area contributed by atoms with Crippen molar-refractivity contribution in [2.45, 2.75) is 18.5 Å². The Hall–Kier alpha value is -1.16. The van der Waals surface area contributed by atoms with Crippen LogP contribution in [-0.2, 0) is 0 Å². The average Bonchev–Trinajstić information content (AvgIpc) is 2.80. The Kier molecular flexibility index (Phi) is 1.49. The number of hydrogen-bond acceptors (Lipinski definition) is 4. The smallest absolute Gasteiger partial charge is 0.115 e. The van der Waals surface area contributed by atoms with Gasteiger partial charge in [0.1, 0.15) is 6.33 Å². The third kappa shape index (κ3) is 1.09. The zero-order chi connectivity index (χ0) is 8.67. The quantitative estimate of drug-likeness (QED) is 0.655. The van der Waals surface area contributed by atoms with Crippen LogP contribution in [0.3, 0.4) is 0 Å². The summed E-state index contributed by atoms with van der Waals surface area (Å²) >= 11 is 0. The topological polar surface area (TPSA) is 41.1 Å². The number of nitrogens with one attached hydrogen (secondary N) is 1. The molecule has 0 aromatic carbocycles. The molecule has 0 radical (unpaired) electrons. The van der Waals surface area contributed by atoms with Crippen molar-refractivity contribution >= 4 is 5.69 Å². The second-order valence-corrected chi connectivity index (χ2v) is 3.74. The standard InChI is InChI=1S/C9H12N4/c1-7-5-13(8(1)4-12-7)9-2-10-6-11-3-9/h2-3,6-8,12H,1,4-5H2/t7-,8-/m1/s1. The van der Waals surface area contributed by atoms with Gasteiger partial charge in [-0.05, 0) is 6.42 Å². The minimum Gasteiger partial charge on any atom is -0.363 e. The second kappa shape index (κ2) is 2.67. The first-order chi connectivity index (χ1) is 6.43. The molecule has 3 rings (SSSR count). The van der Waals surface area contributed by atoms with Gasteiger partial charge in [-0.2, -0.15) is 0 Å². The lowest BCUT2D eigenvalue weighted by atomic mass is 10.2. The second-order valence-electron chi connectivity index (χ2n) is 3.74. The molecule has 2 fully saturated rings. The Morgan fingerprint density at radius 1 is 1.38 bits per heavy atom. The van der Waals surface area contributed by atoms with Crippen molar-refractivity contribution in [3.8, 4) is 0 Å². The third-order valence-electron chi connectivity index (χ3n) is 2.94. The molecule has 0 saturated carbocycles. The number of rotatable bonds is 1. The fourth-order valence-corrected chi connectivity index (χ4v) is 2.32. The first-order valence-electron chi connectivity index (χ1n) is 4.68. The number of anilines is 1. The molecule has 1 aromatic heterocycles. The Labute approximate surface area is 77.0 Å². The Morgan fingerprint density at radius 2 is 2.23 bits per heavy atom. The molecule has 2 bridgehead atoms. The van der Waals surface area contributed by atoms with E-state index in [0.29, 0.717) is 12.1 Å². The van der Waals surface area contributed by atoms with E-state index in [4.69, 9.17) is 0 Å². The highest BCUT2D eigenvalue weighted by Gasteiger charge is 2.37. The minimum absolute atomic E-state index is 0.663. The SMILES string of the molecule is c1ncc(N2C[C@H]3C[C@@H]2CN3)cn1. The van der Waals surface area contributed by atoms with Crippen molar-refractivity contribution in [1.29, 1.82) is 0 Å². The summed E-state index contributed by atoms with van der Waals surface area (Å²) in [5.74, 6) is 0. The summed E-state index contributed by atoms with van der Waals surface area (Å²) < 4.78 is 0. The number of hydrogen-bond donors (Lipinski definition) is 1. The van der Waals surface area contributed by atoms with Crippen LogP contribution >= 0.6 is 0 Å². The van der Waals surface area contributed by atoms with Gasteiger partial charge in [0, 0.05) is 25.2 Å². The summed E-state index contributed by atoms with van der Waals surface area (Å²) in [4.78, 5) is 10.5. The molecule has 2 aliphatic heterocycles. The lowest BCUT2D eigenvalue weighted by Crippen LogP contribution is -2.43. The van der Waals surface area contributed by atoms with E-state index in [0.717, 1.165) is 18.8 Å². The molecule has 1 N–H and O–H groups in total. The Morgan fingerprint density at radius 3 is 2.85 bits per heavy atom. The molecule has 2 aliphatic rings. The summed E-state index contributed by atoms with van der Waals surface area (Å²) in [6.45, 7) is 2.22. The van der Waals surface area contributed by atoms with Crippen LogP contribution in [-0.4, -0.2) is 35.1 Å². The maximum absolute atomic E-state index is 4.04. The predicted molar refractivity (Wildman–Crippen MR) is 49.6 cm³/mol. The van der Waals surface area contributed by atoms with E-state index in [-0.39, 0.29) is 0 Å². The third-order valence-corrected chi connectivity index (χ3v) is 2.94. The van der Waals surface area contributed by atoms with E-state index in [1.54, 1.807) is 6.33 Å². The van der Waals surface area contributed by atoms with Gasteiger partial charge in [-0.25, -0.2) is 9.97 Å². The van der Waals surface area contributed by atoms with Crippen LogP contribution < -0.4 is 10.2 Å². The van der Waals surface area contributed by atoms with Crippen LogP contribution in [0.25, 0.3) is 0 Å². The molecule has 13 heavy (non-hydrogen) atoms. The Bertz CT molecular complexity index is 300. The lowest BCUT2D eigenvalue weighted by molar-refractivity contribution is 0.579. The van der Waals surface area contributed by atoms with E-state index in [9.17, 15) is 0 Å². The maximum atomic E-state index is 4.04. The zero-order valence-corrected chi connectivity index (χ0v) is 7.35. The van der Waals surface area contributed by atoms with Crippen molar-refractivity contribution < 1.29 is 0 Å². The fraction of sp³-hybridized carbons (Fsp3) is 0.556. The molecule has 3 heterocycles. The lowest BCUT2D eigenvalue weighted by Gasteiger charge is -2.28. The van der Waals surface area contributed by atoms with Gasteiger partial charge in [0.15, 0.2) is 0 Å². The van der Waals surface area contributed by atoms with Crippen LogP contribution in [0.1, 0.15) is 6.42 Å². The summed E-state index contributed by atoms with van der Waals surface area (Å²) in [6, 6.07) is 1.35. The van der Waals surface area contributed by atoms with Gasteiger partial charge < -0.3 is 10.2 Å². The van der Waals surface area contributed by atoms with Crippen LogP contribution in [0, 0.1) is 0 Å². The van der Waals surface area contributed by atoms with Gasteiger partial charge >= 0.3 is 0 Å². The molecule has 2 saturated heterocycles. The van der Waals surface area contributed by atoms with E-state index in [2.05, 4.69) is 20.2 Å². The van der Waals surface area contributed by atoms with E-state index in [1.807, 2.05) is 12.4 Å². The van der Waals surface area contributed by atoms with Crippen molar-refractivity contribution in [1.82, 2.24) is 15.3 Å². The average molecular weight is 176 g/mol. The molecule has 68 valence electrons. The van der Waals surface area contributed by atoms with Gasteiger partial charge in [-0.15, -0.1) is 0 Å². The van der Waals surface area contributed by atoms with Crippen molar-refractivity contribution in [2.24, 2.45) is 0 Å². The summed E-state index contributed by atoms with van der Waals surface area (Å²) in [6.07, 6.45) is 6.65. The van der Waals surface area contributed by atoms with E-state index < -0.39 is 0 Å². The zero-order valence-electron chi connectivity index (χ0n) is 7.35. The summed E-state index contributed by atoms with van der Waals surface area (Å²) in [5, 5.41) is 3.47. The fourth-order valence-electron chi connectivity index (χ4n) is 2.32. The first-order valence-corrected chi connectivity index (χ1v) is 4.68. The molecule has 1 aromatic rings. The molecule has 0 unspecified atom stereocenters. The molecule has 0 spiro atoms. The number of fused-ring (bicyclic) bond motifs is 2. The van der Waals surface area contributed by atoms with Crippen molar-refractivity contribution in [3.63, 3.8) is 0 Å². The molecule has 2 atom stereocenters. The van der Waals surface area contributed by atoms with Crippen molar-refractivity contribution in [3.05, 3.63) is 18.7 Å². The van der Waals surface area contributed by atoms with Crippen LogP contribution in [0.4, 0.5) is 5.69 Å². The predicted octanol–water partition coefficient (Wildman–Crippen LogP) is 0.0271. The van der Waals surface area contributed by atoms with Crippen LogP contribution in [0.5, 0.6) is 0 Å². The van der Waals surface area contributed by atoms with Gasteiger partial charge in [0.25, 0.3) is 0 Å². The van der Waals surface area contributed by atoms with Crippen LogP contribution in [0.15, 0.2) is 18.7 Å². The molecule has 0 amide bonds. The summed E-state index contributed by atoms with van der Waals surface area (Å²) in [7, 11) is 0. The highest BCUT2D eigenvalue weighted by Crippen LogP contribution is 2.27. The highest BCUT2D eigenvalue weighted by molar-refractivity contribution is 5.46. The highest BCUT2D eigenvalue weighted by atomic mass is 15.3. The largest absolute Gasteiger partial charge is 0.363 e. The van der Waals surface area contributed by atoms with Gasteiger partial charge in [0.2, 0.25) is 0 Å². The molecular formula is C9H12N4. The van der Waals surface area contributed by atoms with Gasteiger partial charge in [-0.3, -0.25) is 0 Å².